The first-order valence-electron chi connectivity index (χ1n) is 6.70. The van der Waals surface area contributed by atoms with Crippen LogP contribution in [0.5, 0.6) is 0 Å². The predicted molar refractivity (Wildman–Crippen MR) is 71.4 cm³/mol. The third kappa shape index (κ3) is 2.03. The number of hydrogen-bond donors (Lipinski definition) is 0. The lowest BCUT2D eigenvalue weighted by Crippen LogP contribution is -2.49. The summed E-state index contributed by atoms with van der Waals surface area (Å²) in [5.74, 6) is -3.78. The molecule has 3 rings (SSSR count). The highest BCUT2D eigenvalue weighted by Crippen LogP contribution is 2.34. The Balaban J connectivity index is 1.88. The summed E-state index contributed by atoms with van der Waals surface area (Å²) in [5.41, 5.74) is 0.808. The highest BCUT2D eigenvalue weighted by molar-refractivity contribution is 6.19. The molecule has 6 nitrogen and oxygen atoms in total. The molecule has 0 spiro atoms. The zero-order valence-electron chi connectivity index (χ0n) is 11.5. The maximum Gasteiger partial charge on any atom is 0.242 e. The zero-order valence-corrected chi connectivity index (χ0v) is 11.5. The van der Waals surface area contributed by atoms with E-state index in [4.69, 9.17) is 0 Å². The molecule has 0 aliphatic carbocycles. The molecule has 2 aliphatic heterocycles. The quantitative estimate of drug-likeness (QED) is 0.574. The Morgan fingerprint density at radius 1 is 1.00 bits per heavy atom. The van der Waals surface area contributed by atoms with Crippen LogP contribution in [0, 0.1) is 11.8 Å². The van der Waals surface area contributed by atoms with Crippen LogP contribution in [0.3, 0.4) is 0 Å². The zero-order chi connectivity index (χ0) is 15.1. The molecule has 0 saturated carbocycles. The van der Waals surface area contributed by atoms with Crippen molar-refractivity contribution in [3.63, 3.8) is 0 Å². The fourth-order valence-corrected chi connectivity index (χ4v) is 2.88. The Bertz CT molecular complexity index is 640. The van der Waals surface area contributed by atoms with E-state index in [-0.39, 0.29) is 13.0 Å². The standard InChI is InChI=1S/C15H14N2O4/c1-16-13(19)10-7-11(18)17(15(21)12(10)14(16)20)8-9-5-3-2-4-6-9/h2-6,10,12H,7-8H2,1H3/t10-,12-/m1/s1. The molecule has 1 aromatic rings. The summed E-state index contributed by atoms with van der Waals surface area (Å²) >= 11 is 0. The number of benzene rings is 1. The highest BCUT2D eigenvalue weighted by atomic mass is 16.2. The van der Waals surface area contributed by atoms with Gasteiger partial charge >= 0.3 is 0 Å². The summed E-state index contributed by atoms with van der Waals surface area (Å²) in [5, 5.41) is 0. The lowest BCUT2D eigenvalue weighted by molar-refractivity contribution is -0.157. The van der Waals surface area contributed by atoms with Crippen molar-refractivity contribution in [2.45, 2.75) is 13.0 Å². The lowest BCUT2D eigenvalue weighted by Gasteiger charge is -2.30. The Labute approximate surface area is 121 Å². The fraction of sp³-hybridized carbons (Fsp3) is 0.333. The molecule has 0 aromatic heterocycles. The molecular weight excluding hydrogens is 272 g/mol. The molecule has 21 heavy (non-hydrogen) atoms. The van der Waals surface area contributed by atoms with Gasteiger partial charge in [0.15, 0.2) is 0 Å². The summed E-state index contributed by atoms with van der Waals surface area (Å²) in [6.45, 7) is 0.132. The van der Waals surface area contributed by atoms with Crippen LogP contribution in [0.25, 0.3) is 0 Å². The number of carbonyl (C=O) groups excluding carboxylic acids is 4. The van der Waals surface area contributed by atoms with E-state index in [2.05, 4.69) is 0 Å². The highest BCUT2D eigenvalue weighted by Gasteiger charge is 2.55. The summed E-state index contributed by atoms with van der Waals surface area (Å²) in [6.07, 6.45) is -0.0852. The molecular formula is C15H14N2O4. The van der Waals surface area contributed by atoms with E-state index >= 15 is 0 Å². The van der Waals surface area contributed by atoms with Gasteiger partial charge < -0.3 is 0 Å². The van der Waals surface area contributed by atoms with E-state index in [1.54, 1.807) is 12.1 Å². The molecule has 2 heterocycles. The normalized spacial score (nSPS) is 25.6. The second-order valence-corrected chi connectivity index (χ2v) is 5.33. The number of carbonyl (C=O) groups is 4. The van der Waals surface area contributed by atoms with Crippen molar-refractivity contribution in [3.05, 3.63) is 35.9 Å². The maximum atomic E-state index is 12.4. The van der Waals surface area contributed by atoms with Gasteiger partial charge in [-0.1, -0.05) is 30.3 Å². The number of imide groups is 2. The maximum absolute atomic E-state index is 12.4. The van der Waals surface area contributed by atoms with E-state index in [9.17, 15) is 19.2 Å². The van der Waals surface area contributed by atoms with Crippen molar-refractivity contribution in [3.8, 4) is 0 Å². The predicted octanol–water partition coefficient (Wildman–Crippen LogP) is 0.176. The number of likely N-dealkylation sites (tertiary alicyclic amines) is 2. The van der Waals surface area contributed by atoms with Gasteiger partial charge in [0.25, 0.3) is 0 Å². The van der Waals surface area contributed by atoms with Crippen LogP contribution in [0.15, 0.2) is 30.3 Å². The molecule has 2 saturated heterocycles. The molecule has 0 unspecified atom stereocenters. The Hall–Kier alpha value is -2.50. The molecule has 4 amide bonds. The number of piperidine rings is 1. The Morgan fingerprint density at radius 2 is 1.67 bits per heavy atom. The van der Waals surface area contributed by atoms with Crippen LogP contribution >= 0.6 is 0 Å². The minimum Gasteiger partial charge on any atom is -0.285 e. The minimum absolute atomic E-state index is 0.0852. The lowest BCUT2D eigenvalue weighted by atomic mass is 9.86. The molecule has 0 N–H and O–H groups in total. The van der Waals surface area contributed by atoms with Crippen molar-refractivity contribution in [1.29, 1.82) is 0 Å². The van der Waals surface area contributed by atoms with Crippen LogP contribution in [0.1, 0.15) is 12.0 Å². The van der Waals surface area contributed by atoms with Gasteiger partial charge in [-0.15, -0.1) is 0 Å². The second-order valence-electron chi connectivity index (χ2n) is 5.33. The number of amides is 4. The Morgan fingerprint density at radius 3 is 2.33 bits per heavy atom. The molecule has 2 atom stereocenters. The summed E-state index contributed by atoms with van der Waals surface area (Å²) in [4.78, 5) is 50.5. The largest absolute Gasteiger partial charge is 0.285 e. The molecule has 2 aliphatic rings. The third-order valence-corrected chi connectivity index (χ3v) is 4.06. The SMILES string of the molecule is CN1C(=O)[C@@H]2C(=O)N(Cc3ccccc3)C(=O)C[C@H]2C1=O. The van der Waals surface area contributed by atoms with Crippen molar-refractivity contribution in [2.24, 2.45) is 11.8 Å². The molecule has 6 heteroatoms. The van der Waals surface area contributed by atoms with E-state index in [0.717, 1.165) is 15.4 Å². The smallest absolute Gasteiger partial charge is 0.242 e. The average molecular weight is 286 g/mol. The summed E-state index contributed by atoms with van der Waals surface area (Å²) < 4.78 is 0. The van der Waals surface area contributed by atoms with Crippen molar-refractivity contribution in [1.82, 2.24) is 9.80 Å². The monoisotopic (exact) mass is 286 g/mol. The van der Waals surface area contributed by atoms with E-state index < -0.39 is 35.5 Å². The first-order valence-corrected chi connectivity index (χ1v) is 6.70. The van der Waals surface area contributed by atoms with E-state index in [1.807, 2.05) is 18.2 Å². The Kier molecular flexibility index (Phi) is 3.08. The van der Waals surface area contributed by atoms with Crippen LogP contribution in [0.2, 0.25) is 0 Å². The molecule has 1 aromatic carbocycles. The summed E-state index contributed by atoms with van der Waals surface area (Å²) in [7, 11) is 1.35. The molecule has 2 fully saturated rings. The van der Waals surface area contributed by atoms with Gasteiger partial charge in [-0.3, -0.25) is 29.0 Å². The number of hydrogen-bond acceptors (Lipinski definition) is 4. The van der Waals surface area contributed by atoms with Crippen molar-refractivity contribution >= 4 is 23.6 Å². The third-order valence-electron chi connectivity index (χ3n) is 4.06. The van der Waals surface area contributed by atoms with Gasteiger partial charge in [0.1, 0.15) is 5.92 Å². The van der Waals surface area contributed by atoms with Gasteiger partial charge in [-0.05, 0) is 5.56 Å². The van der Waals surface area contributed by atoms with Gasteiger partial charge in [0, 0.05) is 13.5 Å². The number of fused-ring (bicyclic) bond motifs is 1. The molecule has 108 valence electrons. The van der Waals surface area contributed by atoms with Crippen molar-refractivity contribution < 1.29 is 19.2 Å². The topological polar surface area (TPSA) is 74.8 Å². The van der Waals surface area contributed by atoms with E-state index in [0.29, 0.717) is 0 Å². The van der Waals surface area contributed by atoms with Gasteiger partial charge in [0.05, 0.1) is 12.5 Å². The van der Waals surface area contributed by atoms with Crippen LogP contribution in [-0.2, 0) is 25.7 Å². The van der Waals surface area contributed by atoms with Crippen LogP contribution in [-0.4, -0.2) is 40.5 Å². The van der Waals surface area contributed by atoms with Gasteiger partial charge in [0.2, 0.25) is 23.6 Å². The van der Waals surface area contributed by atoms with Gasteiger partial charge in [-0.25, -0.2) is 0 Å². The molecule has 0 bridgehead atoms. The van der Waals surface area contributed by atoms with Crippen LogP contribution in [0.4, 0.5) is 0 Å². The molecule has 0 radical (unpaired) electrons. The second kappa shape index (κ2) is 4.80. The first kappa shape index (κ1) is 13.5. The summed E-state index contributed by atoms with van der Waals surface area (Å²) in [6, 6.07) is 9.08. The average Bonchev–Trinajstić information content (AvgIpc) is 2.69. The van der Waals surface area contributed by atoms with E-state index in [1.165, 1.54) is 7.05 Å². The fourth-order valence-electron chi connectivity index (χ4n) is 2.88. The van der Waals surface area contributed by atoms with Crippen molar-refractivity contribution in [2.75, 3.05) is 7.05 Å². The first-order chi connectivity index (χ1) is 10.0. The van der Waals surface area contributed by atoms with Gasteiger partial charge in [-0.2, -0.15) is 0 Å². The van der Waals surface area contributed by atoms with Crippen LogP contribution < -0.4 is 0 Å². The number of nitrogens with zero attached hydrogens (tertiary/aromatic N) is 2. The number of rotatable bonds is 2. The minimum atomic E-state index is -1.04.